The monoisotopic (exact) mass is 413 g/mol. The number of alkyl halides is 3. The van der Waals surface area contributed by atoms with Crippen molar-refractivity contribution in [3.63, 3.8) is 0 Å². The van der Waals surface area contributed by atoms with E-state index in [1.165, 1.54) is 18.2 Å². The lowest BCUT2D eigenvalue weighted by molar-refractivity contribution is -0.386. The highest BCUT2D eigenvalue weighted by atomic mass is 35.5. The van der Waals surface area contributed by atoms with E-state index in [1.807, 2.05) is 0 Å². The van der Waals surface area contributed by atoms with Crippen molar-refractivity contribution < 1.29 is 22.8 Å². The number of aryl methyl sites for hydroxylation is 1. The molecule has 1 heterocycles. The summed E-state index contributed by atoms with van der Waals surface area (Å²) in [5.41, 5.74) is -1.00. The third-order valence-corrected chi connectivity index (χ3v) is 3.93. The van der Waals surface area contributed by atoms with Gasteiger partial charge in [-0.05, 0) is 47.2 Å². The normalized spacial score (nSPS) is 11.5. The van der Waals surface area contributed by atoms with E-state index in [0.29, 0.717) is 5.56 Å². The molecule has 3 aromatic rings. The van der Waals surface area contributed by atoms with E-state index in [4.69, 9.17) is 16.3 Å². The lowest BCUT2D eigenvalue weighted by atomic mass is 10.1. The molecule has 2 aromatic carbocycles. The smallest absolute Gasteiger partial charge is 0.418 e. The van der Waals surface area contributed by atoms with E-state index in [0.717, 1.165) is 16.8 Å². The number of rotatable bonds is 5. The summed E-state index contributed by atoms with van der Waals surface area (Å²) in [6.45, 7) is 1.29. The van der Waals surface area contributed by atoms with Crippen LogP contribution in [0, 0.1) is 17.0 Å². The highest BCUT2D eigenvalue weighted by molar-refractivity contribution is 6.30. The molecule has 1 aromatic heterocycles. The summed E-state index contributed by atoms with van der Waals surface area (Å²) < 4.78 is 46.3. The number of hydrogen-bond donors (Lipinski definition) is 0. The van der Waals surface area contributed by atoms with Crippen molar-refractivity contribution in [3.05, 3.63) is 68.5 Å². The first-order chi connectivity index (χ1) is 13.2. The summed E-state index contributed by atoms with van der Waals surface area (Å²) in [4.78, 5) is 10.5. The molecule has 0 aliphatic rings. The van der Waals surface area contributed by atoms with Gasteiger partial charge in [0, 0.05) is 11.1 Å². The van der Waals surface area contributed by atoms with Crippen LogP contribution in [0.4, 0.5) is 18.9 Å². The van der Waals surface area contributed by atoms with Gasteiger partial charge in [-0.15, -0.1) is 5.10 Å². The van der Waals surface area contributed by atoms with E-state index in [9.17, 15) is 23.3 Å². The Kier molecular flexibility index (Phi) is 5.18. The van der Waals surface area contributed by atoms with Crippen LogP contribution in [0.3, 0.4) is 0 Å². The summed E-state index contributed by atoms with van der Waals surface area (Å²) in [6.07, 6.45) is -4.69. The second kappa shape index (κ2) is 7.43. The van der Waals surface area contributed by atoms with Gasteiger partial charge in [0.05, 0.1) is 16.2 Å². The Morgan fingerprint density at radius 3 is 2.68 bits per heavy atom. The molecule has 146 valence electrons. The predicted octanol–water partition coefficient (Wildman–Crippen LogP) is 4.13. The molecule has 0 bridgehead atoms. The molecule has 12 heteroatoms. The second-order valence-corrected chi connectivity index (χ2v) is 6.12. The number of halogens is 4. The van der Waals surface area contributed by atoms with Crippen LogP contribution in [0.15, 0.2) is 36.4 Å². The molecule has 0 fully saturated rings. The molecular weight excluding hydrogens is 403 g/mol. The average molecular weight is 414 g/mol. The summed E-state index contributed by atoms with van der Waals surface area (Å²) in [7, 11) is 0. The van der Waals surface area contributed by atoms with E-state index < -0.39 is 23.3 Å². The molecule has 0 aliphatic carbocycles. The van der Waals surface area contributed by atoms with Crippen molar-refractivity contribution in [3.8, 4) is 11.4 Å². The topological polar surface area (TPSA) is 96.0 Å². The predicted molar refractivity (Wildman–Crippen MR) is 91.3 cm³/mol. The maximum Gasteiger partial charge on any atom is 0.418 e. The molecular formula is C16H11ClF3N5O3. The minimum Gasteiger partial charge on any atom is -0.478 e. The number of ether oxygens (including phenoxy) is 1. The van der Waals surface area contributed by atoms with Crippen molar-refractivity contribution in [2.45, 2.75) is 19.7 Å². The van der Waals surface area contributed by atoms with Crippen LogP contribution < -0.4 is 4.74 Å². The van der Waals surface area contributed by atoms with Gasteiger partial charge in [0.2, 0.25) is 0 Å². The minimum atomic E-state index is -4.69. The maximum absolute atomic E-state index is 13.3. The fraction of sp³-hybridized carbons (Fsp3) is 0.188. The number of nitrogens with zero attached hydrogens (tertiary/aromatic N) is 5. The zero-order chi connectivity index (χ0) is 20.5. The highest BCUT2D eigenvalue weighted by Crippen LogP contribution is 2.35. The van der Waals surface area contributed by atoms with Gasteiger partial charge >= 0.3 is 11.9 Å². The van der Waals surface area contributed by atoms with E-state index in [-0.39, 0.29) is 28.0 Å². The first-order valence-corrected chi connectivity index (χ1v) is 8.07. The van der Waals surface area contributed by atoms with Crippen LogP contribution in [0.1, 0.15) is 17.0 Å². The summed E-state index contributed by atoms with van der Waals surface area (Å²) >= 11 is 5.68. The van der Waals surface area contributed by atoms with E-state index in [1.54, 1.807) is 13.0 Å². The van der Waals surface area contributed by atoms with E-state index in [2.05, 4.69) is 15.5 Å². The summed E-state index contributed by atoms with van der Waals surface area (Å²) in [5.74, 6) is -0.139. The molecule has 0 amide bonds. The van der Waals surface area contributed by atoms with Gasteiger partial charge in [0.1, 0.15) is 0 Å². The highest BCUT2D eigenvalue weighted by Gasteiger charge is 2.35. The summed E-state index contributed by atoms with van der Waals surface area (Å²) in [5, 5.41) is 21.7. The number of hydrogen-bond acceptors (Lipinski definition) is 6. The Morgan fingerprint density at radius 2 is 2.00 bits per heavy atom. The molecule has 0 aliphatic heterocycles. The number of nitro groups is 1. The lowest BCUT2D eigenvalue weighted by Gasteiger charge is -2.14. The Labute approximate surface area is 160 Å². The van der Waals surface area contributed by atoms with Crippen LogP contribution in [0.25, 0.3) is 5.69 Å². The zero-order valence-electron chi connectivity index (χ0n) is 14.1. The first kappa shape index (κ1) is 19.5. The number of benzene rings is 2. The van der Waals surface area contributed by atoms with Crippen LogP contribution in [0.2, 0.25) is 5.02 Å². The third-order valence-electron chi connectivity index (χ3n) is 3.69. The van der Waals surface area contributed by atoms with Crippen molar-refractivity contribution in [1.29, 1.82) is 0 Å². The molecule has 0 spiro atoms. The van der Waals surface area contributed by atoms with Gasteiger partial charge in [-0.25, -0.2) is 0 Å². The molecule has 0 unspecified atom stereocenters. The van der Waals surface area contributed by atoms with Crippen LogP contribution in [-0.4, -0.2) is 25.1 Å². The number of aromatic nitrogens is 4. The molecule has 0 saturated carbocycles. The Morgan fingerprint density at radius 1 is 1.25 bits per heavy atom. The Bertz CT molecular complexity index is 1040. The molecule has 28 heavy (non-hydrogen) atoms. The summed E-state index contributed by atoms with van der Waals surface area (Å²) in [6, 6.07) is 7.47. The molecule has 0 atom stereocenters. The number of tetrazole rings is 1. The van der Waals surface area contributed by atoms with Crippen LogP contribution in [0.5, 0.6) is 5.75 Å². The van der Waals surface area contributed by atoms with Crippen molar-refractivity contribution in [2.75, 3.05) is 0 Å². The van der Waals surface area contributed by atoms with Crippen molar-refractivity contribution in [1.82, 2.24) is 20.2 Å². The van der Waals surface area contributed by atoms with Gasteiger partial charge in [0.25, 0.3) is 0 Å². The Hall–Kier alpha value is -3.21. The lowest BCUT2D eigenvalue weighted by Crippen LogP contribution is -2.14. The van der Waals surface area contributed by atoms with Gasteiger partial charge in [-0.3, -0.25) is 10.1 Å². The molecule has 0 N–H and O–H groups in total. The van der Waals surface area contributed by atoms with Gasteiger partial charge in [-0.2, -0.15) is 17.9 Å². The fourth-order valence-corrected chi connectivity index (χ4v) is 2.61. The largest absolute Gasteiger partial charge is 0.478 e. The molecule has 8 nitrogen and oxygen atoms in total. The molecule has 0 radical (unpaired) electrons. The third kappa shape index (κ3) is 4.03. The molecule has 3 rings (SSSR count). The first-order valence-electron chi connectivity index (χ1n) is 7.69. The van der Waals surface area contributed by atoms with Crippen molar-refractivity contribution >= 4 is 17.3 Å². The van der Waals surface area contributed by atoms with Gasteiger partial charge in [-0.1, -0.05) is 17.7 Å². The standard InChI is InChI=1S/C16H11ClF3N5O3/c1-9-2-5-14(13(6-9)25(26)27)28-8-15-21-22-23-24(15)12-4-3-10(17)7-11(12)16(18,19)20/h2-7H,8H2,1H3. The quantitative estimate of drug-likeness (QED) is 0.461. The average Bonchev–Trinajstić information content (AvgIpc) is 3.08. The maximum atomic E-state index is 13.3. The van der Waals surface area contributed by atoms with Crippen LogP contribution >= 0.6 is 11.6 Å². The zero-order valence-corrected chi connectivity index (χ0v) is 14.9. The van der Waals surface area contributed by atoms with Crippen molar-refractivity contribution in [2.24, 2.45) is 0 Å². The SMILES string of the molecule is Cc1ccc(OCc2nnnn2-c2ccc(Cl)cc2C(F)(F)F)c([N+](=O)[O-])c1. The number of nitro benzene ring substituents is 1. The van der Waals surface area contributed by atoms with Crippen LogP contribution in [-0.2, 0) is 12.8 Å². The second-order valence-electron chi connectivity index (χ2n) is 5.68. The van der Waals surface area contributed by atoms with Gasteiger partial charge in [0.15, 0.2) is 18.2 Å². The fourth-order valence-electron chi connectivity index (χ4n) is 2.44. The van der Waals surface area contributed by atoms with Gasteiger partial charge < -0.3 is 4.74 Å². The molecule has 0 saturated heterocycles. The Balaban J connectivity index is 1.94. The minimum absolute atomic E-state index is 0.0581. The van der Waals surface area contributed by atoms with E-state index >= 15 is 0 Å².